The van der Waals surface area contributed by atoms with Crippen LogP contribution in [0.2, 0.25) is 0 Å². The molecular formula is C40H38N2O6. The van der Waals surface area contributed by atoms with Crippen molar-refractivity contribution in [3.63, 3.8) is 0 Å². The number of ether oxygens (including phenoxy) is 2. The summed E-state index contributed by atoms with van der Waals surface area (Å²) in [5.74, 6) is -1.47. The number of aliphatic hydroxyl groups excluding tert-OH is 1. The van der Waals surface area contributed by atoms with Gasteiger partial charge in [-0.25, -0.2) is 14.4 Å². The molecule has 0 aliphatic carbocycles. The van der Waals surface area contributed by atoms with Crippen LogP contribution in [-0.4, -0.2) is 46.7 Å². The van der Waals surface area contributed by atoms with Crippen LogP contribution in [0.4, 0.5) is 4.79 Å². The van der Waals surface area contributed by atoms with Crippen LogP contribution in [0.3, 0.4) is 0 Å². The largest absolute Gasteiger partial charge is 0.459 e. The number of carbonyl (C=O) groups excluding carboxylic acids is 3. The minimum Gasteiger partial charge on any atom is -0.459 e. The maximum atomic E-state index is 13.8. The molecule has 0 aliphatic rings. The van der Waals surface area contributed by atoms with E-state index in [0.29, 0.717) is 0 Å². The van der Waals surface area contributed by atoms with Crippen molar-refractivity contribution in [2.75, 3.05) is 6.54 Å². The maximum absolute atomic E-state index is 13.8. The smallest absolute Gasteiger partial charge is 0.337 e. The second kappa shape index (κ2) is 17.3. The zero-order chi connectivity index (χ0) is 33.6. The van der Waals surface area contributed by atoms with Crippen LogP contribution in [0, 0.1) is 0 Å². The van der Waals surface area contributed by atoms with Gasteiger partial charge in [-0.1, -0.05) is 146 Å². The Hall–Kier alpha value is -5.73. The normalized spacial score (nSPS) is 11.9. The number of benzene rings is 5. The van der Waals surface area contributed by atoms with Crippen molar-refractivity contribution in [2.24, 2.45) is 0 Å². The van der Waals surface area contributed by atoms with Gasteiger partial charge in [0.2, 0.25) is 0 Å². The first-order valence-corrected chi connectivity index (χ1v) is 15.8. The molecule has 2 N–H and O–H groups in total. The topological polar surface area (TPSA) is 105 Å². The highest BCUT2D eigenvalue weighted by atomic mass is 16.5. The summed E-state index contributed by atoms with van der Waals surface area (Å²) in [4.78, 5) is 41.4. The third-order valence-corrected chi connectivity index (χ3v) is 7.70. The van der Waals surface area contributed by atoms with Gasteiger partial charge in [0.1, 0.15) is 19.3 Å². The lowest BCUT2D eigenvalue weighted by molar-refractivity contribution is -0.155. The summed E-state index contributed by atoms with van der Waals surface area (Å²) in [6.07, 6.45) is -1.45. The number of nitrogens with one attached hydrogen (secondary N) is 1. The van der Waals surface area contributed by atoms with E-state index >= 15 is 0 Å². The molecule has 244 valence electrons. The average Bonchev–Trinajstić information content (AvgIpc) is 3.14. The SMILES string of the molecule is O=C(OCc1ccccc1)C(O)CN(Cc1ccccc1)C(=O)N[C@@H](Cc1ccc(-c2ccccc2)cc1)C(=O)OCc1ccccc1. The molecule has 5 rings (SSSR count). The van der Waals surface area contributed by atoms with Crippen LogP contribution in [0.1, 0.15) is 22.3 Å². The molecule has 1 unspecified atom stereocenters. The molecular weight excluding hydrogens is 604 g/mol. The van der Waals surface area contributed by atoms with Gasteiger partial charge in [0.05, 0.1) is 6.54 Å². The van der Waals surface area contributed by atoms with Crippen LogP contribution in [0.5, 0.6) is 0 Å². The van der Waals surface area contributed by atoms with E-state index in [4.69, 9.17) is 9.47 Å². The highest BCUT2D eigenvalue weighted by Crippen LogP contribution is 2.20. The fourth-order valence-corrected chi connectivity index (χ4v) is 5.09. The molecule has 0 saturated carbocycles. The van der Waals surface area contributed by atoms with E-state index in [0.717, 1.165) is 33.4 Å². The molecule has 5 aromatic carbocycles. The van der Waals surface area contributed by atoms with Crippen LogP contribution in [0.15, 0.2) is 146 Å². The van der Waals surface area contributed by atoms with E-state index in [2.05, 4.69) is 5.32 Å². The first-order valence-electron chi connectivity index (χ1n) is 15.8. The standard InChI is InChI=1S/C40H38N2O6/c43-37(39(45)48-29-33-17-9-3-10-18-33)27-42(26-31-13-5-1-6-14-31)40(46)41-36(38(44)47-28-32-15-7-2-8-16-32)25-30-21-23-35(24-22-30)34-19-11-4-12-20-34/h1-24,36-37,43H,25-29H2,(H,41,46)/t36-,37?/m0/s1. The summed E-state index contributed by atoms with van der Waals surface area (Å²) in [5, 5.41) is 13.6. The minimum absolute atomic E-state index is 0.0139. The van der Waals surface area contributed by atoms with E-state index in [1.54, 1.807) is 12.1 Å². The third-order valence-electron chi connectivity index (χ3n) is 7.70. The quantitative estimate of drug-likeness (QED) is 0.137. The fraction of sp³-hybridized carbons (Fsp3) is 0.175. The van der Waals surface area contributed by atoms with E-state index in [9.17, 15) is 19.5 Å². The Bertz CT molecular complexity index is 1730. The van der Waals surface area contributed by atoms with Gasteiger partial charge in [-0.3, -0.25) is 0 Å². The zero-order valence-electron chi connectivity index (χ0n) is 26.5. The molecule has 0 aliphatic heterocycles. The molecule has 0 saturated heterocycles. The van der Waals surface area contributed by atoms with Gasteiger partial charge in [-0.05, 0) is 33.4 Å². The minimum atomic E-state index is -1.61. The molecule has 0 spiro atoms. The number of hydrogen-bond donors (Lipinski definition) is 2. The number of rotatable bonds is 14. The summed E-state index contributed by atoms with van der Waals surface area (Å²) >= 11 is 0. The predicted octanol–water partition coefficient (Wildman–Crippen LogP) is 6.32. The summed E-state index contributed by atoms with van der Waals surface area (Å²) in [6, 6.07) is 43.6. The third kappa shape index (κ3) is 10.1. The second-order valence-electron chi connectivity index (χ2n) is 11.3. The number of urea groups is 1. The molecule has 8 heteroatoms. The van der Waals surface area contributed by atoms with Gasteiger partial charge in [0, 0.05) is 13.0 Å². The van der Waals surface area contributed by atoms with Crippen LogP contribution in [-0.2, 0) is 45.2 Å². The summed E-state index contributed by atoms with van der Waals surface area (Å²) in [7, 11) is 0. The molecule has 0 aromatic heterocycles. The van der Waals surface area contributed by atoms with Crippen molar-refractivity contribution < 1.29 is 29.0 Å². The lowest BCUT2D eigenvalue weighted by Gasteiger charge is -2.27. The van der Waals surface area contributed by atoms with Gasteiger partial charge < -0.3 is 24.8 Å². The predicted molar refractivity (Wildman–Crippen MR) is 183 cm³/mol. The zero-order valence-corrected chi connectivity index (χ0v) is 26.5. The molecule has 0 radical (unpaired) electrons. The highest BCUT2D eigenvalue weighted by Gasteiger charge is 2.29. The molecule has 8 nitrogen and oxygen atoms in total. The van der Waals surface area contributed by atoms with E-state index in [-0.39, 0.29) is 32.7 Å². The summed E-state index contributed by atoms with van der Waals surface area (Å²) < 4.78 is 11.0. The number of nitrogens with zero attached hydrogens (tertiary/aromatic N) is 1. The van der Waals surface area contributed by atoms with Crippen molar-refractivity contribution in [3.05, 3.63) is 168 Å². The van der Waals surface area contributed by atoms with Crippen molar-refractivity contribution >= 4 is 18.0 Å². The Morgan fingerprint density at radius 3 is 1.56 bits per heavy atom. The molecule has 0 heterocycles. The van der Waals surface area contributed by atoms with Crippen molar-refractivity contribution in [2.45, 2.75) is 38.3 Å². The van der Waals surface area contributed by atoms with Gasteiger partial charge in [-0.2, -0.15) is 0 Å². The van der Waals surface area contributed by atoms with Crippen molar-refractivity contribution in [1.82, 2.24) is 10.2 Å². The van der Waals surface area contributed by atoms with Gasteiger partial charge in [0.25, 0.3) is 0 Å². The van der Waals surface area contributed by atoms with Crippen LogP contribution >= 0.6 is 0 Å². The molecule has 5 aromatic rings. The molecule has 0 fully saturated rings. The van der Waals surface area contributed by atoms with Crippen LogP contribution < -0.4 is 5.32 Å². The van der Waals surface area contributed by atoms with E-state index in [1.165, 1.54) is 4.90 Å². The molecule has 2 amide bonds. The van der Waals surface area contributed by atoms with Crippen molar-refractivity contribution in [3.8, 4) is 11.1 Å². The first-order chi connectivity index (χ1) is 23.4. The lowest BCUT2D eigenvalue weighted by Crippen LogP contribution is -2.51. The first kappa shape index (κ1) is 33.6. The highest BCUT2D eigenvalue weighted by molar-refractivity contribution is 5.84. The van der Waals surface area contributed by atoms with Gasteiger partial charge in [-0.15, -0.1) is 0 Å². The van der Waals surface area contributed by atoms with Crippen LogP contribution in [0.25, 0.3) is 11.1 Å². The lowest BCUT2D eigenvalue weighted by atomic mass is 10.0. The Labute approximate surface area is 280 Å². The Balaban J connectivity index is 1.32. The number of aliphatic hydroxyl groups is 1. The second-order valence-corrected chi connectivity index (χ2v) is 11.3. The fourth-order valence-electron chi connectivity index (χ4n) is 5.09. The number of esters is 2. The van der Waals surface area contributed by atoms with Crippen molar-refractivity contribution in [1.29, 1.82) is 0 Å². The Kier molecular flexibility index (Phi) is 12.1. The summed E-state index contributed by atoms with van der Waals surface area (Å²) in [6.45, 7) is -0.252. The molecule has 2 atom stereocenters. The number of hydrogen-bond acceptors (Lipinski definition) is 6. The average molecular weight is 643 g/mol. The number of carbonyl (C=O) groups is 3. The molecule has 0 bridgehead atoms. The molecule has 48 heavy (non-hydrogen) atoms. The maximum Gasteiger partial charge on any atom is 0.337 e. The Morgan fingerprint density at radius 1 is 0.562 bits per heavy atom. The Morgan fingerprint density at radius 2 is 1.02 bits per heavy atom. The van der Waals surface area contributed by atoms with E-state index < -0.39 is 30.1 Å². The van der Waals surface area contributed by atoms with Gasteiger partial charge >= 0.3 is 18.0 Å². The van der Waals surface area contributed by atoms with E-state index in [1.807, 2.05) is 133 Å². The monoisotopic (exact) mass is 642 g/mol. The number of amides is 2. The van der Waals surface area contributed by atoms with Gasteiger partial charge in [0.15, 0.2) is 6.10 Å². The summed E-state index contributed by atoms with van der Waals surface area (Å²) in [5.41, 5.74) is 5.26.